The van der Waals surface area contributed by atoms with Crippen LogP contribution in [0.15, 0.2) is 53.5 Å². The van der Waals surface area contributed by atoms with Crippen LogP contribution in [0.5, 0.6) is 0 Å². The Labute approximate surface area is 204 Å². The number of benzene rings is 1. The maximum Gasteiger partial charge on any atom is 0.416 e. The van der Waals surface area contributed by atoms with E-state index in [-0.39, 0.29) is 11.5 Å². The molecule has 186 valence electrons. The first-order chi connectivity index (χ1) is 17.1. The minimum Gasteiger partial charge on any atom is -0.353 e. The van der Waals surface area contributed by atoms with Gasteiger partial charge in [-0.3, -0.25) is 14.7 Å². The lowest BCUT2D eigenvalue weighted by molar-refractivity contribution is -0.137. The second-order valence-corrected chi connectivity index (χ2v) is 8.72. The number of nitrogens with zero attached hydrogens (tertiary/aromatic N) is 5. The predicted molar refractivity (Wildman–Crippen MR) is 129 cm³/mol. The molecular weight excluding hydrogens is 473 g/mol. The fourth-order valence-electron chi connectivity index (χ4n) is 4.44. The van der Waals surface area contributed by atoms with Gasteiger partial charge >= 0.3 is 6.18 Å². The summed E-state index contributed by atoms with van der Waals surface area (Å²) in [5.41, 5.74) is 1.95. The Kier molecular flexibility index (Phi) is 5.77. The van der Waals surface area contributed by atoms with Crippen molar-refractivity contribution >= 4 is 17.4 Å². The van der Waals surface area contributed by atoms with Crippen LogP contribution in [0.25, 0.3) is 28.0 Å². The number of pyridine rings is 1. The first kappa shape index (κ1) is 23.6. The van der Waals surface area contributed by atoms with Gasteiger partial charge in [-0.05, 0) is 36.8 Å². The summed E-state index contributed by atoms with van der Waals surface area (Å²) in [5.74, 6) is 0.823. The number of H-pyrrole nitrogens is 1. The minimum atomic E-state index is -4.43. The number of piperazine rings is 1. The van der Waals surface area contributed by atoms with Gasteiger partial charge in [0.25, 0.3) is 5.56 Å². The number of rotatable bonds is 3. The van der Waals surface area contributed by atoms with Crippen LogP contribution in [-0.2, 0) is 11.0 Å². The third-order valence-electron chi connectivity index (χ3n) is 6.39. The van der Waals surface area contributed by atoms with Gasteiger partial charge in [0.1, 0.15) is 5.82 Å². The molecule has 4 aromatic rings. The van der Waals surface area contributed by atoms with Gasteiger partial charge < -0.3 is 9.80 Å². The van der Waals surface area contributed by atoms with Gasteiger partial charge in [0, 0.05) is 62.2 Å². The summed E-state index contributed by atoms with van der Waals surface area (Å²) in [5, 5.41) is 2.95. The number of nitrogens with one attached hydrogen (secondary N) is 1. The standard InChI is InChI=1S/C25H23F3N6O2/c1-15-23(17-3-6-19(7-4-17)25(26,27)28)24-30-20(13-22(36)34(24)31-15)18-5-8-21(29-14-18)33-11-9-32(10-12-33)16(2)35/h3-8,13-14,31H,9-12H2,1-2H3. The largest absolute Gasteiger partial charge is 0.416 e. The van der Waals surface area contributed by atoms with E-state index in [1.807, 2.05) is 12.1 Å². The molecule has 0 aliphatic carbocycles. The lowest BCUT2D eigenvalue weighted by Gasteiger charge is -2.34. The highest BCUT2D eigenvalue weighted by atomic mass is 19.4. The zero-order valence-electron chi connectivity index (χ0n) is 19.6. The van der Waals surface area contributed by atoms with Gasteiger partial charge in [-0.25, -0.2) is 14.5 Å². The van der Waals surface area contributed by atoms with E-state index in [0.29, 0.717) is 59.9 Å². The molecule has 1 aromatic carbocycles. The lowest BCUT2D eigenvalue weighted by atomic mass is 10.0. The summed E-state index contributed by atoms with van der Waals surface area (Å²) >= 11 is 0. The molecule has 3 aromatic heterocycles. The van der Waals surface area contributed by atoms with Crippen molar-refractivity contribution < 1.29 is 18.0 Å². The minimum absolute atomic E-state index is 0.0568. The van der Waals surface area contributed by atoms with Crippen molar-refractivity contribution in [1.29, 1.82) is 0 Å². The molecule has 36 heavy (non-hydrogen) atoms. The fraction of sp³-hybridized carbons (Fsp3) is 0.280. The van der Waals surface area contributed by atoms with E-state index in [9.17, 15) is 22.8 Å². The quantitative estimate of drug-likeness (QED) is 0.467. The van der Waals surface area contributed by atoms with Crippen molar-refractivity contribution in [3.63, 3.8) is 0 Å². The van der Waals surface area contributed by atoms with Crippen LogP contribution in [0.2, 0.25) is 0 Å². The zero-order chi connectivity index (χ0) is 25.6. The molecule has 0 spiro atoms. The molecule has 0 saturated carbocycles. The third-order valence-corrected chi connectivity index (χ3v) is 6.39. The Bertz CT molecular complexity index is 1480. The summed E-state index contributed by atoms with van der Waals surface area (Å²) < 4.78 is 40.3. The van der Waals surface area contributed by atoms with Gasteiger partial charge in [0.15, 0.2) is 5.65 Å². The van der Waals surface area contributed by atoms with Crippen LogP contribution in [0.3, 0.4) is 0 Å². The number of aromatic nitrogens is 4. The van der Waals surface area contributed by atoms with E-state index in [0.717, 1.165) is 18.0 Å². The molecule has 11 heteroatoms. The molecule has 8 nitrogen and oxygen atoms in total. The van der Waals surface area contributed by atoms with Gasteiger partial charge in [0.05, 0.1) is 11.3 Å². The Morgan fingerprint density at radius 2 is 1.67 bits per heavy atom. The number of carbonyl (C=O) groups is 1. The molecule has 0 radical (unpaired) electrons. The molecule has 0 unspecified atom stereocenters. The fourth-order valence-corrected chi connectivity index (χ4v) is 4.44. The molecule has 1 saturated heterocycles. The number of fused-ring (bicyclic) bond motifs is 1. The SMILES string of the molecule is CC(=O)N1CCN(c2ccc(-c3cc(=O)n4[nH]c(C)c(-c5ccc(C(F)(F)F)cc5)c4n3)cn2)CC1. The highest BCUT2D eigenvalue weighted by Gasteiger charge is 2.30. The number of amides is 1. The number of alkyl halides is 3. The van der Waals surface area contributed by atoms with Crippen LogP contribution in [0, 0.1) is 6.92 Å². The van der Waals surface area contributed by atoms with E-state index in [1.54, 1.807) is 24.9 Å². The van der Waals surface area contributed by atoms with Crippen LogP contribution in [-0.4, -0.2) is 56.6 Å². The smallest absolute Gasteiger partial charge is 0.353 e. The number of hydrogen-bond donors (Lipinski definition) is 1. The summed E-state index contributed by atoms with van der Waals surface area (Å²) in [4.78, 5) is 37.5. The average Bonchev–Trinajstić information content (AvgIpc) is 3.20. The number of anilines is 1. The van der Waals surface area contributed by atoms with Gasteiger partial charge in [0.2, 0.25) is 5.91 Å². The van der Waals surface area contributed by atoms with Crippen LogP contribution < -0.4 is 10.5 Å². The topological polar surface area (TPSA) is 86.6 Å². The third kappa shape index (κ3) is 4.32. The van der Waals surface area contributed by atoms with E-state index in [2.05, 4.69) is 20.0 Å². The highest BCUT2D eigenvalue weighted by molar-refractivity contribution is 5.81. The maximum atomic E-state index is 13.0. The van der Waals surface area contributed by atoms with Crippen molar-refractivity contribution in [3.8, 4) is 22.4 Å². The first-order valence-corrected chi connectivity index (χ1v) is 11.4. The van der Waals surface area contributed by atoms with Gasteiger partial charge in [-0.1, -0.05) is 12.1 Å². The molecule has 0 bridgehead atoms. The van der Waals surface area contributed by atoms with Crippen molar-refractivity contribution in [1.82, 2.24) is 24.5 Å². The molecule has 0 atom stereocenters. The summed E-state index contributed by atoms with van der Waals surface area (Å²) in [7, 11) is 0. The average molecular weight is 496 g/mol. The number of halogens is 3. The molecular formula is C25H23F3N6O2. The van der Waals surface area contributed by atoms with Gasteiger partial charge in [-0.15, -0.1) is 0 Å². The van der Waals surface area contributed by atoms with Crippen molar-refractivity contribution in [3.05, 3.63) is 70.3 Å². The number of aromatic amines is 1. The second kappa shape index (κ2) is 8.81. The Morgan fingerprint density at radius 1 is 1.00 bits per heavy atom. The summed E-state index contributed by atoms with van der Waals surface area (Å²) in [6.45, 7) is 5.92. The Balaban J connectivity index is 1.47. The number of hydrogen-bond acceptors (Lipinski definition) is 5. The van der Waals surface area contributed by atoms with Crippen LogP contribution >= 0.6 is 0 Å². The molecule has 1 aliphatic rings. The van der Waals surface area contributed by atoms with E-state index in [4.69, 9.17) is 0 Å². The molecule has 5 rings (SSSR count). The highest BCUT2D eigenvalue weighted by Crippen LogP contribution is 2.33. The number of carbonyl (C=O) groups excluding carboxylic acids is 1. The lowest BCUT2D eigenvalue weighted by Crippen LogP contribution is -2.48. The van der Waals surface area contributed by atoms with Crippen molar-refractivity contribution in [2.45, 2.75) is 20.0 Å². The van der Waals surface area contributed by atoms with E-state index in [1.165, 1.54) is 22.7 Å². The molecule has 1 fully saturated rings. The maximum absolute atomic E-state index is 13.0. The van der Waals surface area contributed by atoms with Gasteiger partial charge in [-0.2, -0.15) is 13.2 Å². The van der Waals surface area contributed by atoms with E-state index < -0.39 is 11.7 Å². The predicted octanol–water partition coefficient (Wildman–Crippen LogP) is 3.75. The molecule has 4 heterocycles. The van der Waals surface area contributed by atoms with Crippen molar-refractivity contribution in [2.24, 2.45) is 0 Å². The first-order valence-electron chi connectivity index (χ1n) is 11.4. The van der Waals surface area contributed by atoms with E-state index >= 15 is 0 Å². The Morgan fingerprint density at radius 3 is 2.25 bits per heavy atom. The Hall–Kier alpha value is -4.15. The molecule has 1 amide bonds. The second-order valence-electron chi connectivity index (χ2n) is 8.72. The molecule has 1 N–H and O–H groups in total. The van der Waals surface area contributed by atoms with Crippen LogP contribution in [0.4, 0.5) is 19.0 Å². The normalized spacial score (nSPS) is 14.5. The zero-order valence-corrected chi connectivity index (χ0v) is 19.6. The molecule has 1 aliphatic heterocycles. The summed E-state index contributed by atoms with van der Waals surface area (Å²) in [6.07, 6.45) is -2.79. The van der Waals surface area contributed by atoms with Crippen LogP contribution in [0.1, 0.15) is 18.2 Å². The number of aryl methyl sites for hydroxylation is 1. The monoisotopic (exact) mass is 496 g/mol. The summed E-state index contributed by atoms with van der Waals surface area (Å²) in [6, 6.07) is 9.84. The van der Waals surface area contributed by atoms with Crippen molar-refractivity contribution in [2.75, 3.05) is 31.1 Å².